The number of benzene rings is 2. The van der Waals surface area contributed by atoms with Crippen molar-refractivity contribution in [1.29, 1.82) is 0 Å². The van der Waals surface area contributed by atoms with Gasteiger partial charge in [-0.15, -0.1) is 11.6 Å². The summed E-state index contributed by atoms with van der Waals surface area (Å²) in [6.07, 6.45) is 0.471. The minimum absolute atomic E-state index is 0.0298. The predicted molar refractivity (Wildman–Crippen MR) is 74.7 cm³/mol. The maximum absolute atomic E-state index is 13.6. The lowest BCUT2D eigenvalue weighted by Gasteiger charge is -2.15. The first-order valence-corrected chi connectivity index (χ1v) is 6.70. The van der Waals surface area contributed by atoms with Gasteiger partial charge in [0.1, 0.15) is 11.6 Å². The zero-order valence-corrected chi connectivity index (χ0v) is 11.4. The van der Waals surface area contributed by atoms with Crippen molar-refractivity contribution < 1.29 is 8.78 Å². The Morgan fingerprint density at radius 3 is 2.32 bits per heavy atom. The van der Waals surface area contributed by atoms with E-state index >= 15 is 0 Å². The van der Waals surface area contributed by atoms with Crippen LogP contribution in [-0.2, 0) is 6.42 Å². The van der Waals surface area contributed by atoms with Gasteiger partial charge in [-0.25, -0.2) is 8.78 Å². The summed E-state index contributed by atoms with van der Waals surface area (Å²) >= 11 is 5.98. The highest BCUT2D eigenvalue weighted by Crippen LogP contribution is 2.24. The van der Waals surface area contributed by atoms with Gasteiger partial charge in [0.25, 0.3) is 0 Å². The van der Waals surface area contributed by atoms with Gasteiger partial charge in [0.05, 0.1) is 0 Å². The Kier molecular flexibility index (Phi) is 4.54. The summed E-state index contributed by atoms with van der Waals surface area (Å²) in [5.74, 6) is -0.636. The van der Waals surface area contributed by atoms with E-state index in [0.717, 1.165) is 11.6 Å². The summed E-state index contributed by atoms with van der Waals surface area (Å²) in [7, 11) is 0. The first-order valence-electron chi connectivity index (χ1n) is 6.16. The van der Waals surface area contributed by atoms with Crippen molar-refractivity contribution in [2.75, 3.05) is 5.88 Å². The van der Waals surface area contributed by atoms with E-state index in [1.807, 2.05) is 31.2 Å². The monoisotopic (exact) mass is 280 g/mol. The Bertz CT molecular complexity index is 549. The minimum atomic E-state index is -0.556. The summed E-state index contributed by atoms with van der Waals surface area (Å²) in [6.45, 7) is 2.01. The maximum Gasteiger partial charge on any atom is 0.129 e. The van der Waals surface area contributed by atoms with E-state index in [-0.39, 0.29) is 5.92 Å². The molecule has 3 heteroatoms. The smallest absolute Gasteiger partial charge is 0.129 e. The van der Waals surface area contributed by atoms with Crippen molar-refractivity contribution in [3.63, 3.8) is 0 Å². The first-order chi connectivity index (χ1) is 9.10. The highest BCUT2D eigenvalue weighted by molar-refractivity contribution is 6.18. The van der Waals surface area contributed by atoms with Crippen LogP contribution in [0.15, 0.2) is 42.5 Å². The average molecular weight is 281 g/mol. The van der Waals surface area contributed by atoms with Crippen LogP contribution in [0, 0.1) is 18.6 Å². The van der Waals surface area contributed by atoms with Crippen LogP contribution in [0.2, 0.25) is 0 Å². The SMILES string of the molecule is Cc1ccc(C(CCl)Cc2ccc(F)cc2F)cc1. The second-order valence-corrected chi connectivity index (χ2v) is 5.01. The molecule has 2 rings (SSSR count). The van der Waals surface area contributed by atoms with Crippen molar-refractivity contribution >= 4 is 11.6 Å². The van der Waals surface area contributed by atoms with Crippen molar-refractivity contribution in [2.24, 2.45) is 0 Å². The zero-order valence-electron chi connectivity index (χ0n) is 10.7. The molecule has 2 aromatic carbocycles. The van der Waals surface area contributed by atoms with Gasteiger partial charge < -0.3 is 0 Å². The molecule has 0 aliphatic carbocycles. The van der Waals surface area contributed by atoms with Crippen molar-refractivity contribution in [2.45, 2.75) is 19.3 Å². The molecule has 0 radical (unpaired) electrons. The lowest BCUT2D eigenvalue weighted by Crippen LogP contribution is -2.06. The summed E-state index contributed by atoms with van der Waals surface area (Å²) < 4.78 is 26.5. The molecule has 0 aliphatic heterocycles. The molecule has 0 N–H and O–H groups in total. The van der Waals surface area contributed by atoms with Gasteiger partial charge >= 0.3 is 0 Å². The second-order valence-electron chi connectivity index (χ2n) is 4.70. The van der Waals surface area contributed by atoms with Crippen LogP contribution < -0.4 is 0 Å². The number of alkyl halides is 1. The molecule has 0 aliphatic rings. The van der Waals surface area contributed by atoms with Gasteiger partial charge in [-0.2, -0.15) is 0 Å². The zero-order chi connectivity index (χ0) is 13.8. The van der Waals surface area contributed by atoms with E-state index in [1.165, 1.54) is 17.7 Å². The highest BCUT2D eigenvalue weighted by atomic mass is 35.5. The van der Waals surface area contributed by atoms with Gasteiger partial charge in [-0.05, 0) is 30.5 Å². The summed E-state index contributed by atoms with van der Waals surface area (Å²) in [5, 5.41) is 0. The van der Waals surface area contributed by atoms with Crippen LogP contribution in [0.1, 0.15) is 22.6 Å². The first kappa shape index (κ1) is 14.0. The van der Waals surface area contributed by atoms with Gasteiger partial charge in [0, 0.05) is 17.9 Å². The lowest BCUT2D eigenvalue weighted by atomic mass is 9.93. The van der Waals surface area contributed by atoms with Gasteiger partial charge in [0.15, 0.2) is 0 Å². The molecular weight excluding hydrogens is 266 g/mol. The Balaban J connectivity index is 2.21. The van der Waals surface area contributed by atoms with Crippen LogP contribution in [0.3, 0.4) is 0 Å². The quantitative estimate of drug-likeness (QED) is 0.703. The third-order valence-corrected chi connectivity index (χ3v) is 3.59. The largest absolute Gasteiger partial charge is 0.207 e. The molecule has 0 nitrogen and oxygen atoms in total. The fourth-order valence-corrected chi connectivity index (χ4v) is 2.34. The second kappa shape index (κ2) is 6.16. The Morgan fingerprint density at radius 2 is 1.74 bits per heavy atom. The van der Waals surface area contributed by atoms with E-state index in [9.17, 15) is 8.78 Å². The Morgan fingerprint density at radius 1 is 1.05 bits per heavy atom. The van der Waals surface area contributed by atoms with Crippen molar-refractivity contribution in [3.05, 3.63) is 70.8 Å². The third kappa shape index (κ3) is 3.54. The van der Waals surface area contributed by atoms with Crippen molar-refractivity contribution in [1.82, 2.24) is 0 Å². The van der Waals surface area contributed by atoms with Gasteiger partial charge in [-0.3, -0.25) is 0 Å². The maximum atomic E-state index is 13.6. The van der Waals surface area contributed by atoms with Gasteiger partial charge in [0.2, 0.25) is 0 Å². The number of hydrogen-bond acceptors (Lipinski definition) is 0. The van der Waals surface area contributed by atoms with E-state index in [2.05, 4.69) is 0 Å². The number of aryl methyl sites for hydroxylation is 1. The molecular formula is C16H15ClF2. The molecule has 0 spiro atoms. The van der Waals surface area contributed by atoms with E-state index in [0.29, 0.717) is 17.9 Å². The molecule has 1 unspecified atom stereocenters. The molecule has 100 valence electrons. The minimum Gasteiger partial charge on any atom is -0.207 e. The van der Waals surface area contributed by atoms with E-state index in [1.54, 1.807) is 0 Å². The number of rotatable bonds is 4. The topological polar surface area (TPSA) is 0 Å². The molecule has 0 bridgehead atoms. The fraction of sp³-hybridized carbons (Fsp3) is 0.250. The normalized spacial score (nSPS) is 12.4. The van der Waals surface area contributed by atoms with Crippen LogP contribution in [-0.4, -0.2) is 5.88 Å². The van der Waals surface area contributed by atoms with Gasteiger partial charge in [-0.1, -0.05) is 35.9 Å². The molecule has 2 aromatic rings. The Labute approximate surface area is 117 Å². The fourth-order valence-electron chi connectivity index (χ4n) is 2.05. The molecule has 0 heterocycles. The molecule has 19 heavy (non-hydrogen) atoms. The molecule has 0 amide bonds. The Hall–Kier alpha value is -1.41. The van der Waals surface area contributed by atoms with Crippen LogP contribution in [0.4, 0.5) is 8.78 Å². The van der Waals surface area contributed by atoms with E-state index in [4.69, 9.17) is 11.6 Å². The molecule has 0 fully saturated rings. The highest BCUT2D eigenvalue weighted by Gasteiger charge is 2.14. The predicted octanol–water partition coefficient (Wildman–Crippen LogP) is 4.84. The lowest BCUT2D eigenvalue weighted by molar-refractivity contribution is 0.566. The number of halogens is 3. The third-order valence-electron chi connectivity index (χ3n) is 3.22. The molecule has 0 saturated carbocycles. The van der Waals surface area contributed by atoms with E-state index < -0.39 is 11.6 Å². The standard InChI is InChI=1S/C16H15ClF2/c1-11-2-4-12(5-3-11)14(10-17)8-13-6-7-15(18)9-16(13)19/h2-7,9,14H,8,10H2,1H3. The molecule has 0 saturated heterocycles. The average Bonchev–Trinajstić information content (AvgIpc) is 2.39. The summed E-state index contributed by atoms with van der Waals surface area (Å²) in [4.78, 5) is 0. The number of hydrogen-bond donors (Lipinski definition) is 0. The summed E-state index contributed by atoms with van der Waals surface area (Å²) in [6, 6.07) is 11.7. The van der Waals surface area contributed by atoms with Crippen LogP contribution >= 0.6 is 11.6 Å². The van der Waals surface area contributed by atoms with Crippen LogP contribution in [0.25, 0.3) is 0 Å². The summed E-state index contributed by atoms with van der Waals surface area (Å²) in [5.41, 5.74) is 2.74. The molecule has 1 atom stereocenters. The molecule has 0 aromatic heterocycles. The van der Waals surface area contributed by atoms with Crippen molar-refractivity contribution in [3.8, 4) is 0 Å². The van der Waals surface area contributed by atoms with Crippen LogP contribution in [0.5, 0.6) is 0 Å².